The van der Waals surface area contributed by atoms with Gasteiger partial charge in [-0.3, -0.25) is 9.10 Å². The van der Waals surface area contributed by atoms with Gasteiger partial charge >= 0.3 is 5.97 Å². The van der Waals surface area contributed by atoms with Crippen LogP contribution in [0.15, 0.2) is 71.6 Å². The number of ketones is 1. The lowest BCUT2D eigenvalue weighted by atomic mass is 10.0. The first-order valence-electron chi connectivity index (χ1n) is 10.1. The molecule has 0 aliphatic carbocycles. The Balaban J connectivity index is 1.72. The van der Waals surface area contributed by atoms with Crippen molar-refractivity contribution in [3.8, 4) is 5.75 Å². The molecule has 172 valence electrons. The zero-order valence-electron chi connectivity index (χ0n) is 18.9. The van der Waals surface area contributed by atoms with Gasteiger partial charge in [0.15, 0.2) is 6.61 Å². The van der Waals surface area contributed by atoms with Crippen molar-refractivity contribution in [2.24, 2.45) is 0 Å². The number of hydrogen-bond acceptors (Lipinski definition) is 6. The summed E-state index contributed by atoms with van der Waals surface area (Å²) in [6.45, 7) is 3.29. The van der Waals surface area contributed by atoms with Crippen molar-refractivity contribution < 1.29 is 27.5 Å². The highest BCUT2D eigenvalue weighted by atomic mass is 32.2. The Morgan fingerprint density at radius 3 is 2.27 bits per heavy atom. The summed E-state index contributed by atoms with van der Waals surface area (Å²) in [4.78, 5) is 24.8. The smallest absolute Gasteiger partial charge is 0.338 e. The number of para-hydroxylation sites is 2. The average Bonchev–Trinajstić information content (AvgIpc) is 2.83. The molecule has 3 aromatic carbocycles. The molecule has 0 saturated heterocycles. The number of carbonyl (C=O) groups is 2. The number of esters is 1. The third-order valence-corrected chi connectivity index (χ3v) is 6.99. The van der Waals surface area contributed by atoms with E-state index in [-0.39, 0.29) is 16.2 Å². The van der Waals surface area contributed by atoms with Crippen LogP contribution in [-0.2, 0) is 14.8 Å². The van der Waals surface area contributed by atoms with E-state index in [9.17, 15) is 18.0 Å². The van der Waals surface area contributed by atoms with Crippen LogP contribution in [0.1, 0.15) is 31.8 Å². The fourth-order valence-corrected chi connectivity index (χ4v) is 4.47. The molecule has 0 aliphatic rings. The van der Waals surface area contributed by atoms with E-state index in [1.54, 1.807) is 30.3 Å². The van der Waals surface area contributed by atoms with E-state index in [1.807, 2.05) is 26.0 Å². The molecule has 0 spiro atoms. The van der Waals surface area contributed by atoms with Crippen molar-refractivity contribution in [1.82, 2.24) is 0 Å². The Bertz CT molecular complexity index is 1280. The molecule has 3 rings (SSSR count). The molecular weight excluding hydrogens is 442 g/mol. The van der Waals surface area contributed by atoms with Crippen molar-refractivity contribution in [2.75, 3.05) is 25.1 Å². The number of benzene rings is 3. The van der Waals surface area contributed by atoms with Gasteiger partial charge in [0.2, 0.25) is 5.78 Å². The van der Waals surface area contributed by atoms with Crippen LogP contribution >= 0.6 is 0 Å². The van der Waals surface area contributed by atoms with E-state index in [0.717, 1.165) is 15.4 Å². The minimum absolute atomic E-state index is 0.00100. The molecular formula is C25H25NO6S. The monoisotopic (exact) mass is 467 g/mol. The molecule has 0 atom stereocenters. The fraction of sp³-hybridized carbons (Fsp3) is 0.200. The summed E-state index contributed by atoms with van der Waals surface area (Å²) in [6, 6.07) is 17.6. The topological polar surface area (TPSA) is 90.0 Å². The highest BCUT2D eigenvalue weighted by Gasteiger charge is 2.24. The lowest BCUT2D eigenvalue weighted by Gasteiger charge is -2.21. The minimum Gasteiger partial charge on any atom is -0.495 e. The number of hydrogen-bond donors (Lipinski definition) is 0. The molecule has 8 heteroatoms. The first-order chi connectivity index (χ1) is 15.6. The van der Waals surface area contributed by atoms with Crippen molar-refractivity contribution in [2.45, 2.75) is 18.7 Å². The van der Waals surface area contributed by atoms with Crippen LogP contribution in [0.5, 0.6) is 5.75 Å². The van der Waals surface area contributed by atoms with Gasteiger partial charge in [0.1, 0.15) is 5.75 Å². The number of methoxy groups -OCH3 is 1. The third kappa shape index (κ3) is 5.23. The number of carbonyl (C=O) groups excluding carboxylic acids is 2. The van der Waals surface area contributed by atoms with Crippen LogP contribution in [0.2, 0.25) is 0 Å². The number of rotatable bonds is 8. The van der Waals surface area contributed by atoms with E-state index in [4.69, 9.17) is 9.47 Å². The standard InChI is InChI=1S/C25H25NO6S/c1-17-9-10-18(2)21(15-17)23(27)16-32-25(28)19-11-13-20(14-12-19)33(29,30)26(3)22-7-5-6-8-24(22)31-4/h5-15H,16H2,1-4H3. The van der Waals surface area contributed by atoms with Crippen LogP contribution in [0, 0.1) is 13.8 Å². The summed E-state index contributed by atoms with van der Waals surface area (Å²) in [5.41, 5.74) is 2.76. The zero-order valence-corrected chi connectivity index (χ0v) is 19.7. The number of aryl methyl sites for hydroxylation is 2. The summed E-state index contributed by atoms with van der Waals surface area (Å²) in [6.07, 6.45) is 0. The van der Waals surface area contributed by atoms with Gasteiger partial charge in [-0.15, -0.1) is 0 Å². The maximum absolute atomic E-state index is 13.0. The lowest BCUT2D eigenvalue weighted by molar-refractivity contribution is 0.0474. The molecule has 0 aliphatic heterocycles. The Hall–Kier alpha value is -3.65. The van der Waals surface area contributed by atoms with E-state index in [1.165, 1.54) is 38.4 Å². The number of anilines is 1. The average molecular weight is 468 g/mol. The second kappa shape index (κ2) is 9.87. The highest BCUT2D eigenvalue weighted by Crippen LogP contribution is 2.30. The van der Waals surface area contributed by atoms with Gasteiger partial charge in [-0.05, 0) is 61.9 Å². The molecule has 3 aromatic rings. The molecule has 0 saturated carbocycles. The molecule has 0 amide bonds. The lowest BCUT2D eigenvalue weighted by Crippen LogP contribution is -2.27. The molecule has 0 bridgehead atoms. The van der Waals surface area contributed by atoms with E-state index >= 15 is 0 Å². The maximum atomic E-state index is 13.0. The van der Waals surface area contributed by atoms with Gasteiger partial charge in [0.25, 0.3) is 10.0 Å². The summed E-state index contributed by atoms with van der Waals surface area (Å²) in [7, 11) is -1.00. The van der Waals surface area contributed by atoms with Gasteiger partial charge in [-0.25, -0.2) is 13.2 Å². The summed E-state index contributed by atoms with van der Waals surface area (Å²) in [5, 5.41) is 0. The van der Waals surface area contributed by atoms with Crippen molar-refractivity contribution >= 4 is 27.5 Å². The Labute approximate surface area is 193 Å². The van der Waals surface area contributed by atoms with Gasteiger partial charge in [0, 0.05) is 12.6 Å². The van der Waals surface area contributed by atoms with E-state index in [2.05, 4.69) is 0 Å². The van der Waals surface area contributed by atoms with Crippen LogP contribution in [0.3, 0.4) is 0 Å². The van der Waals surface area contributed by atoms with E-state index < -0.39 is 22.6 Å². The van der Waals surface area contributed by atoms with E-state index in [0.29, 0.717) is 17.0 Å². The molecule has 0 N–H and O–H groups in total. The molecule has 0 heterocycles. The summed E-state index contributed by atoms with van der Waals surface area (Å²) in [5.74, 6) is -0.602. The van der Waals surface area contributed by atoms with Gasteiger partial charge in [-0.1, -0.05) is 29.8 Å². The van der Waals surface area contributed by atoms with Crippen molar-refractivity contribution in [1.29, 1.82) is 0 Å². The van der Waals surface area contributed by atoms with Gasteiger partial charge in [0.05, 0.1) is 23.3 Å². The largest absolute Gasteiger partial charge is 0.495 e. The second-order valence-corrected chi connectivity index (χ2v) is 9.46. The van der Waals surface area contributed by atoms with Crippen LogP contribution in [0.4, 0.5) is 5.69 Å². The van der Waals surface area contributed by atoms with Crippen LogP contribution in [-0.4, -0.2) is 40.9 Å². The zero-order chi connectivity index (χ0) is 24.2. The van der Waals surface area contributed by atoms with Crippen molar-refractivity contribution in [3.05, 3.63) is 89.0 Å². The van der Waals surface area contributed by atoms with Crippen LogP contribution < -0.4 is 9.04 Å². The number of ether oxygens (including phenoxy) is 2. The van der Waals surface area contributed by atoms with Gasteiger partial charge < -0.3 is 9.47 Å². The van der Waals surface area contributed by atoms with Crippen LogP contribution in [0.25, 0.3) is 0 Å². The SMILES string of the molecule is COc1ccccc1N(C)S(=O)(=O)c1ccc(C(=O)OCC(=O)c2cc(C)ccc2C)cc1. The quantitative estimate of drug-likeness (QED) is 0.365. The molecule has 0 unspecified atom stereocenters. The highest BCUT2D eigenvalue weighted by molar-refractivity contribution is 7.92. The predicted octanol–water partition coefficient (Wildman–Crippen LogP) is 4.18. The third-order valence-electron chi connectivity index (χ3n) is 5.20. The van der Waals surface area contributed by atoms with Crippen molar-refractivity contribution in [3.63, 3.8) is 0 Å². The molecule has 0 radical (unpaired) electrons. The first-order valence-corrected chi connectivity index (χ1v) is 11.6. The number of nitrogens with zero attached hydrogens (tertiary/aromatic N) is 1. The second-order valence-electron chi connectivity index (χ2n) is 7.49. The predicted molar refractivity (Wildman–Crippen MR) is 126 cm³/mol. The normalized spacial score (nSPS) is 11.0. The summed E-state index contributed by atoms with van der Waals surface area (Å²) < 4.78 is 37.6. The Morgan fingerprint density at radius 1 is 0.939 bits per heavy atom. The molecule has 33 heavy (non-hydrogen) atoms. The first kappa shape index (κ1) is 24.0. The molecule has 7 nitrogen and oxygen atoms in total. The Morgan fingerprint density at radius 2 is 1.61 bits per heavy atom. The maximum Gasteiger partial charge on any atom is 0.338 e. The summed E-state index contributed by atoms with van der Waals surface area (Å²) >= 11 is 0. The number of Topliss-reactive ketones (excluding diaryl/α,β-unsaturated/α-hetero) is 1. The fourth-order valence-electron chi connectivity index (χ4n) is 3.27. The number of sulfonamides is 1. The van der Waals surface area contributed by atoms with Gasteiger partial charge in [-0.2, -0.15) is 0 Å². The Kier molecular flexibility index (Phi) is 7.18. The molecule has 0 aromatic heterocycles. The molecule has 0 fully saturated rings. The minimum atomic E-state index is -3.89.